The van der Waals surface area contributed by atoms with E-state index in [1.54, 1.807) is 18.2 Å². The molecule has 2 aromatic rings. The minimum atomic E-state index is -2.86. The van der Waals surface area contributed by atoms with E-state index in [-0.39, 0.29) is 23.7 Å². The van der Waals surface area contributed by atoms with Crippen LogP contribution in [0.4, 0.5) is 8.78 Å². The van der Waals surface area contributed by atoms with Crippen molar-refractivity contribution in [3.05, 3.63) is 65.2 Å². The largest absolute Gasteiger partial charge is 0.326 e. The SMILES string of the molecule is O=[PH](O)OCCCNCc1ccc(SCCCCC2(c3ccccc3F)CCCC2)c(F)c1. The Hall–Kier alpha value is -1.24. The normalized spacial score (nSPS) is 16.2. The van der Waals surface area contributed by atoms with Crippen LogP contribution in [0.25, 0.3) is 0 Å². The molecule has 3 rings (SSSR count). The summed E-state index contributed by atoms with van der Waals surface area (Å²) in [4.78, 5) is 9.26. The highest BCUT2D eigenvalue weighted by Crippen LogP contribution is 2.45. The molecule has 33 heavy (non-hydrogen) atoms. The van der Waals surface area contributed by atoms with E-state index in [9.17, 15) is 13.3 Å². The first-order valence-corrected chi connectivity index (χ1v) is 14.0. The quantitative estimate of drug-likeness (QED) is 0.175. The van der Waals surface area contributed by atoms with Crippen molar-refractivity contribution in [2.75, 3.05) is 18.9 Å². The molecule has 1 unspecified atom stereocenters. The maximum Gasteiger partial charge on any atom is 0.316 e. The molecule has 1 fully saturated rings. The van der Waals surface area contributed by atoms with Crippen LogP contribution in [0.15, 0.2) is 47.4 Å². The summed E-state index contributed by atoms with van der Waals surface area (Å²) in [5.74, 6) is 0.553. The second-order valence-corrected chi connectivity index (χ2v) is 10.6. The lowest BCUT2D eigenvalue weighted by Crippen LogP contribution is -2.23. The second kappa shape index (κ2) is 13.6. The highest BCUT2D eigenvalue weighted by atomic mass is 32.2. The van der Waals surface area contributed by atoms with Crippen molar-refractivity contribution in [2.24, 2.45) is 0 Å². The Bertz CT molecular complexity index is 909. The third kappa shape index (κ3) is 8.18. The Labute approximate surface area is 200 Å². The van der Waals surface area contributed by atoms with Crippen molar-refractivity contribution in [2.45, 2.75) is 68.2 Å². The number of thioether (sulfide) groups is 1. The van der Waals surface area contributed by atoms with Gasteiger partial charge in [-0.25, -0.2) is 8.78 Å². The van der Waals surface area contributed by atoms with Gasteiger partial charge in [-0.3, -0.25) is 4.57 Å². The average molecular weight is 498 g/mol. The summed E-state index contributed by atoms with van der Waals surface area (Å²) in [5.41, 5.74) is 1.71. The zero-order chi connectivity index (χ0) is 23.5. The Morgan fingerprint density at radius 1 is 1.06 bits per heavy atom. The number of hydrogen-bond acceptors (Lipinski definition) is 4. The number of benzene rings is 2. The first-order valence-electron chi connectivity index (χ1n) is 11.7. The summed E-state index contributed by atoms with van der Waals surface area (Å²) >= 11 is 1.54. The second-order valence-electron chi connectivity index (χ2n) is 8.68. The first-order chi connectivity index (χ1) is 16.0. The van der Waals surface area contributed by atoms with E-state index in [0.29, 0.717) is 24.4 Å². The Balaban J connectivity index is 1.39. The monoisotopic (exact) mass is 497 g/mol. The van der Waals surface area contributed by atoms with E-state index < -0.39 is 8.25 Å². The number of hydrogen-bond donors (Lipinski definition) is 2. The summed E-state index contributed by atoms with van der Waals surface area (Å²) in [5, 5.41) is 3.18. The smallest absolute Gasteiger partial charge is 0.316 e. The van der Waals surface area contributed by atoms with Crippen molar-refractivity contribution in [1.82, 2.24) is 5.32 Å². The van der Waals surface area contributed by atoms with Crippen molar-refractivity contribution in [3.63, 3.8) is 0 Å². The van der Waals surface area contributed by atoms with Gasteiger partial charge in [0, 0.05) is 11.4 Å². The molecule has 1 aliphatic rings. The molecule has 2 N–H and O–H groups in total. The first kappa shape index (κ1) is 26.4. The van der Waals surface area contributed by atoms with Gasteiger partial charge in [0.25, 0.3) is 0 Å². The molecule has 0 amide bonds. The van der Waals surface area contributed by atoms with Crippen LogP contribution in [-0.2, 0) is 21.0 Å². The minimum Gasteiger partial charge on any atom is -0.326 e. The molecule has 2 aromatic carbocycles. The van der Waals surface area contributed by atoms with Crippen LogP contribution in [0.3, 0.4) is 0 Å². The fraction of sp³-hybridized carbons (Fsp3) is 0.520. The zero-order valence-corrected chi connectivity index (χ0v) is 20.8. The van der Waals surface area contributed by atoms with Crippen LogP contribution in [0, 0.1) is 11.6 Å². The third-order valence-electron chi connectivity index (χ3n) is 6.36. The molecule has 8 heteroatoms. The highest BCUT2D eigenvalue weighted by Gasteiger charge is 2.36. The Kier molecular flexibility index (Phi) is 10.9. The van der Waals surface area contributed by atoms with Gasteiger partial charge in [0.15, 0.2) is 0 Å². The van der Waals surface area contributed by atoms with Gasteiger partial charge in [-0.05, 0) is 79.1 Å². The summed E-state index contributed by atoms with van der Waals surface area (Å²) in [6.45, 7) is 1.39. The van der Waals surface area contributed by atoms with Crippen molar-refractivity contribution < 1.29 is 22.8 Å². The van der Waals surface area contributed by atoms with Crippen LogP contribution in [0.1, 0.15) is 62.5 Å². The van der Waals surface area contributed by atoms with E-state index in [4.69, 9.17) is 4.89 Å². The molecule has 0 aliphatic heterocycles. The topological polar surface area (TPSA) is 58.6 Å². The maximum absolute atomic E-state index is 14.5. The Morgan fingerprint density at radius 2 is 1.85 bits per heavy atom. The summed E-state index contributed by atoms with van der Waals surface area (Å²) in [6, 6.07) is 12.5. The summed E-state index contributed by atoms with van der Waals surface area (Å²) < 4.78 is 44.0. The number of halogens is 2. The van der Waals surface area contributed by atoms with E-state index >= 15 is 0 Å². The molecule has 0 heterocycles. The van der Waals surface area contributed by atoms with Gasteiger partial charge in [0.2, 0.25) is 0 Å². The molecule has 0 spiro atoms. The van der Waals surface area contributed by atoms with Crippen LogP contribution in [-0.4, -0.2) is 23.8 Å². The number of unbranched alkanes of at least 4 members (excludes halogenated alkanes) is 1. The van der Waals surface area contributed by atoms with Gasteiger partial charge in [0.1, 0.15) is 11.6 Å². The van der Waals surface area contributed by atoms with Crippen molar-refractivity contribution >= 4 is 20.0 Å². The van der Waals surface area contributed by atoms with Gasteiger partial charge in [0.05, 0.1) is 6.61 Å². The van der Waals surface area contributed by atoms with Crippen molar-refractivity contribution in [3.8, 4) is 0 Å². The molecule has 0 bridgehead atoms. The predicted octanol–water partition coefficient (Wildman–Crippen LogP) is 6.62. The molecule has 0 radical (unpaired) electrons. The van der Waals surface area contributed by atoms with E-state index in [1.165, 1.54) is 11.8 Å². The minimum absolute atomic E-state index is 0.0295. The fourth-order valence-electron chi connectivity index (χ4n) is 4.71. The van der Waals surface area contributed by atoms with Crippen LogP contribution >= 0.6 is 20.0 Å². The van der Waals surface area contributed by atoms with E-state index in [2.05, 4.69) is 9.84 Å². The lowest BCUT2D eigenvalue weighted by atomic mass is 9.75. The highest BCUT2D eigenvalue weighted by molar-refractivity contribution is 7.99. The van der Waals surface area contributed by atoms with E-state index in [1.807, 2.05) is 24.3 Å². The van der Waals surface area contributed by atoms with Crippen LogP contribution in [0.5, 0.6) is 0 Å². The Morgan fingerprint density at radius 3 is 2.58 bits per heavy atom. The molecular weight excluding hydrogens is 463 g/mol. The lowest BCUT2D eigenvalue weighted by Gasteiger charge is -2.30. The predicted molar refractivity (Wildman–Crippen MR) is 131 cm³/mol. The number of rotatable bonds is 14. The zero-order valence-electron chi connectivity index (χ0n) is 19.0. The molecule has 1 aliphatic carbocycles. The fourth-order valence-corrected chi connectivity index (χ4v) is 5.95. The van der Waals surface area contributed by atoms with Gasteiger partial charge >= 0.3 is 8.25 Å². The lowest BCUT2D eigenvalue weighted by molar-refractivity contribution is 0.276. The van der Waals surface area contributed by atoms with Gasteiger partial charge < -0.3 is 14.7 Å². The molecular formula is C25H34F2NO3PS. The molecule has 1 saturated carbocycles. The third-order valence-corrected chi connectivity index (χ3v) is 7.95. The van der Waals surface area contributed by atoms with Gasteiger partial charge in [-0.1, -0.05) is 43.5 Å². The molecule has 1 atom stereocenters. The number of nitrogens with one attached hydrogen (secondary N) is 1. The average Bonchev–Trinajstić information content (AvgIpc) is 3.27. The van der Waals surface area contributed by atoms with Gasteiger partial charge in [-0.2, -0.15) is 0 Å². The van der Waals surface area contributed by atoms with Crippen LogP contribution < -0.4 is 5.32 Å². The molecule has 0 aromatic heterocycles. The van der Waals surface area contributed by atoms with Crippen molar-refractivity contribution in [1.29, 1.82) is 0 Å². The standard InChI is InChI=1S/C25H34F2NO3PS/c26-22-9-2-1-8-21(22)25(12-3-4-13-25)14-5-6-17-33-24-11-10-20(18-23(24)27)19-28-15-7-16-31-32(29)30/h1-2,8-11,18,28,32H,3-7,12-17,19H2,(H,29,30). The van der Waals surface area contributed by atoms with Crippen LogP contribution in [0.2, 0.25) is 0 Å². The molecule has 4 nitrogen and oxygen atoms in total. The molecule has 0 saturated heterocycles. The molecule has 182 valence electrons. The van der Waals surface area contributed by atoms with E-state index in [0.717, 1.165) is 61.8 Å². The maximum atomic E-state index is 14.5. The summed E-state index contributed by atoms with van der Waals surface area (Å²) in [6.07, 6.45) is 8.03. The van der Waals surface area contributed by atoms with Gasteiger partial charge in [-0.15, -0.1) is 11.8 Å². The summed E-state index contributed by atoms with van der Waals surface area (Å²) in [7, 11) is -2.86.